The SMILES string of the molecule is c1ccc(N2c3ccccc3B3c4ccccc4N(c4ccccc4-c4cccc5c4CCCC5)c4cccc2c43)cc1. The van der Waals surface area contributed by atoms with Crippen molar-refractivity contribution in [1.82, 2.24) is 0 Å². The Bertz CT molecular complexity index is 2010. The minimum Gasteiger partial charge on any atom is -0.311 e. The quantitative estimate of drug-likeness (QED) is 0.204. The average Bonchev–Trinajstić information content (AvgIpc) is 3.08. The molecule has 204 valence electrons. The lowest BCUT2D eigenvalue weighted by atomic mass is 9.33. The van der Waals surface area contributed by atoms with Gasteiger partial charge in [-0.2, -0.15) is 0 Å². The van der Waals surface area contributed by atoms with Crippen LogP contribution in [-0.4, -0.2) is 6.71 Å². The summed E-state index contributed by atoms with van der Waals surface area (Å²) in [6.07, 6.45) is 4.89. The van der Waals surface area contributed by atoms with Crippen LogP contribution in [0.3, 0.4) is 0 Å². The Kier molecular flexibility index (Phi) is 5.59. The molecule has 3 aliphatic rings. The second kappa shape index (κ2) is 9.78. The van der Waals surface area contributed by atoms with Crippen LogP contribution in [-0.2, 0) is 12.8 Å². The van der Waals surface area contributed by atoms with Crippen LogP contribution < -0.4 is 26.2 Å². The first-order chi connectivity index (χ1) is 21.4. The highest BCUT2D eigenvalue weighted by Gasteiger charge is 2.43. The number of para-hydroxylation sites is 4. The lowest BCUT2D eigenvalue weighted by Crippen LogP contribution is -2.61. The summed E-state index contributed by atoms with van der Waals surface area (Å²) in [4.78, 5) is 5.00. The molecule has 6 aromatic carbocycles. The van der Waals surface area contributed by atoms with Crippen molar-refractivity contribution in [3.8, 4) is 11.1 Å². The van der Waals surface area contributed by atoms with Crippen molar-refractivity contribution in [3.05, 3.63) is 151 Å². The third-order valence-electron chi connectivity index (χ3n) is 9.65. The first-order valence-corrected chi connectivity index (χ1v) is 15.5. The normalized spacial score (nSPS) is 14.5. The third-order valence-corrected chi connectivity index (χ3v) is 9.65. The molecule has 3 heteroatoms. The van der Waals surface area contributed by atoms with Gasteiger partial charge in [-0.1, -0.05) is 97.1 Å². The second-order valence-corrected chi connectivity index (χ2v) is 11.9. The number of fused-ring (bicyclic) bond motifs is 5. The molecular weight excluding hydrogens is 519 g/mol. The van der Waals surface area contributed by atoms with E-state index in [9.17, 15) is 0 Å². The van der Waals surface area contributed by atoms with Crippen molar-refractivity contribution in [2.45, 2.75) is 25.7 Å². The lowest BCUT2D eigenvalue weighted by molar-refractivity contribution is 0.687. The fourth-order valence-electron chi connectivity index (χ4n) is 7.88. The lowest BCUT2D eigenvalue weighted by Gasteiger charge is -2.44. The summed E-state index contributed by atoms with van der Waals surface area (Å²) in [5.41, 5.74) is 17.3. The van der Waals surface area contributed by atoms with Crippen LogP contribution in [0.5, 0.6) is 0 Å². The molecule has 0 atom stereocenters. The molecule has 6 aromatic rings. The molecule has 0 fully saturated rings. The van der Waals surface area contributed by atoms with Gasteiger partial charge in [-0.05, 0) is 101 Å². The molecule has 0 unspecified atom stereocenters. The Morgan fingerprint density at radius 1 is 0.419 bits per heavy atom. The summed E-state index contributed by atoms with van der Waals surface area (Å²) in [6.45, 7) is 0.159. The van der Waals surface area contributed by atoms with Crippen molar-refractivity contribution < 1.29 is 0 Å². The predicted molar refractivity (Wildman–Crippen MR) is 183 cm³/mol. The zero-order valence-electron chi connectivity index (χ0n) is 24.1. The number of nitrogens with zero attached hydrogens (tertiary/aromatic N) is 2. The van der Waals surface area contributed by atoms with Gasteiger partial charge >= 0.3 is 0 Å². The monoisotopic (exact) mass is 550 g/mol. The zero-order valence-corrected chi connectivity index (χ0v) is 24.1. The molecule has 0 bridgehead atoms. The van der Waals surface area contributed by atoms with Gasteiger partial charge in [0.05, 0.1) is 5.69 Å². The third kappa shape index (κ3) is 3.68. The Morgan fingerprint density at radius 3 is 1.77 bits per heavy atom. The molecule has 0 saturated heterocycles. The zero-order chi connectivity index (χ0) is 28.3. The van der Waals surface area contributed by atoms with Gasteiger partial charge in [-0.15, -0.1) is 0 Å². The molecule has 1 aliphatic carbocycles. The first kappa shape index (κ1) is 24.6. The highest BCUT2D eigenvalue weighted by Crippen LogP contribution is 2.46. The van der Waals surface area contributed by atoms with E-state index in [-0.39, 0.29) is 6.71 Å². The number of hydrogen-bond donors (Lipinski definition) is 0. The standard InChI is InChI=1S/C40H31BN2/c1-2-16-29(17-3-1)42-36-24-10-7-21-33(36)41-34-22-8-11-25-37(34)43(39-27-13-26-38(42)40(39)41)35-23-9-6-19-32(35)31-20-12-15-28-14-4-5-18-30(28)31/h1-3,6-13,15-17,19-27H,4-5,14,18H2. The molecule has 0 saturated carbocycles. The van der Waals surface area contributed by atoms with Crippen LogP contribution in [0.4, 0.5) is 34.1 Å². The minimum absolute atomic E-state index is 0.159. The van der Waals surface area contributed by atoms with E-state index in [0.717, 1.165) is 6.42 Å². The Morgan fingerprint density at radius 2 is 0.977 bits per heavy atom. The smallest absolute Gasteiger partial charge is 0.252 e. The summed E-state index contributed by atoms with van der Waals surface area (Å²) < 4.78 is 0. The summed E-state index contributed by atoms with van der Waals surface area (Å²) in [7, 11) is 0. The minimum atomic E-state index is 0.159. The van der Waals surface area contributed by atoms with E-state index in [1.807, 2.05) is 0 Å². The van der Waals surface area contributed by atoms with Crippen LogP contribution in [0, 0.1) is 0 Å². The molecule has 0 amide bonds. The first-order valence-electron chi connectivity index (χ1n) is 15.5. The van der Waals surface area contributed by atoms with Crippen LogP contribution in [0.25, 0.3) is 11.1 Å². The van der Waals surface area contributed by atoms with Gasteiger partial charge in [-0.25, -0.2) is 0 Å². The molecule has 0 N–H and O–H groups in total. The highest BCUT2D eigenvalue weighted by molar-refractivity contribution is 7.00. The van der Waals surface area contributed by atoms with Crippen LogP contribution in [0.2, 0.25) is 0 Å². The molecule has 9 rings (SSSR count). The van der Waals surface area contributed by atoms with Crippen LogP contribution >= 0.6 is 0 Å². The molecule has 0 spiro atoms. The second-order valence-electron chi connectivity index (χ2n) is 11.9. The maximum absolute atomic E-state index is 2.54. The summed E-state index contributed by atoms with van der Waals surface area (Å²) >= 11 is 0. The van der Waals surface area contributed by atoms with Gasteiger partial charge in [0.15, 0.2) is 0 Å². The van der Waals surface area contributed by atoms with Crippen molar-refractivity contribution in [3.63, 3.8) is 0 Å². The highest BCUT2D eigenvalue weighted by atomic mass is 15.2. The molecular formula is C40H31BN2. The van der Waals surface area contributed by atoms with E-state index < -0.39 is 0 Å². The van der Waals surface area contributed by atoms with Crippen molar-refractivity contribution in [2.75, 3.05) is 9.80 Å². The predicted octanol–water partition coefficient (Wildman–Crippen LogP) is 8.32. The number of hydrogen-bond acceptors (Lipinski definition) is 2. The summed E-state index contributed by atoms with van der Waals surface area (Å²) in [6, 6.07) is 51.7. The van der Waals surface area contributed by atoms with Crippen molar-refractivity contribution >= 4 is 57.2 Å². The van der Waals surface area contributed by atoms with Gasteiger partial charge in [-0.3, -0.25) is 0 Å². The van der Waals surface area contributed by atoms with Gasteiger partial charge in [0.2, 0.25) is 0 Å². The van der Waals surface area contributed by atoms with E-state index in [4.69, 9.17) is 0 Å². The fraction of sp³-hybridized carbons (Fsp3) is 0.100. The summed E-state index contributed by atoms with van der Waals surface area (Å²) in [5.74, 6) is 0. The van der Waals surface area contributed by atoms with Crippen LogP contribution in [0.1, 0.15) is 24.0 Å². The van der Waals surface area contributed by atoms with E-state index in [0.29, 0.717) is 0 Å². The Labute approximate surface area is 254 Å². The Hall–Kier alpha value is -5.02. The van der Waals surface area contributed by atoms with E-state index in [1.54, 1.807) is 0 Å². The molecule has 2 heterocycles. The largest absolute Gasteiger partial charge is 0.311 e. The Balaban J connectivity index is 1.33. The molecule has 0 aromatic heterocycles. The fourth-order valence-corrected chi connectivity index (χ4v) is 7.88. The average molecular weight is 551 g/mol. The van der Waals surface area contributed by atoms with E-state index in [2.05, 4.69) is 149 Å². The van der Waals surface area contributed by atoms with Gasteiger partial charge in [0.25, 0.3) is 6.71 Å². The maximum Gasteiger partial charge on any atom is 0.252 e. The number of benzene rings is 6. The van der Waals surface area contributed by atoms with Gasteiger partial charge < -0.3 is 9.80 Å². The molecule has 2 aliphatic heterocycles. The van der Waals surface area contributed by atoms with Crippen molar-refractivity contribution in [2.24, 2.45) is 0 Å². The van der Waals surface area contributed by atoms with Crippen LogP contribution in [0.15, 0.2) is 140 Å². The van der Waals surface area contributed by atoms with Gasteiger partial charge in [0, 0.05) is 34.0 Å². The molecule has 2 nitrogen and oxygen atoms in total. The molecule has 43 heavy (non-hydrogen) atoms. The number of rotatable bonds is 3. The van der Waals surface area contributed by atoms with E-state index >= 15 is 0 Å². The summed E-state index contributed by atoms with van der Waals surface area (Å²) in [5, 5.41) is 0. The topological polar surface area (TPSA) is 6.48 Å². The number of aryl methyl sites for hydroxylation is 1. The van der Waals surface area contributed by atoms with Crippen molar-refractivity contribution in [1.29, 1.82) is 0 Å². The molecule has 0 radical (unpaired) electrons. The maximum atomic E-state index is 2.54. The van der Waals surface area contributed by atoms with E-state index in [1.165, 1.54) is 92.0 Å². The number of anilines is 6. The van der Waals surface area contributed by atoms with Gasteiger partial charge in [0.1, 0.15) is 0 Å².